The highest BCUT2D eigenvalue weighted by Crippen LogP contribution is 2.16. The van der Waals surface area contributed by atoms with Crippen molar-refractivity contribution in [3.05, 3.63) is 0 Å². The first-order valence-corrected chi connectivity index (χ1v) is 3.49. The molecule has 2 N–H and O–H groups in total. The largest absolute Gasteiger partial charge is 0.449 e. The lowest BCUT2D eigenvalue weighted by Gasteiger charge is -2.19. The molecule has 0 aliphatic heterocycles. The van der Waals surface area contributed by atoms with Gasteiger partial charge in [-0.2, -0.15) is 0 Å². The van der Waals surface area contributed by atoms with Crippen molar-refractivity contribution in [2.75, 3.05) is 12.5 Å². The number of halogens is 1. The fourth-order valence-corrected chi connectivity index (χ4v) is 0.382. The van der Waals surface area contributed by atoms with E-state index in [1.165, 1.54) is 0 Å². The predicted octanol–water partition coefficient (Wildman–Crippen LogP) is 1.35. The van der Waals surface area contributed by atoms with Gasteiger partial charge >= 0.3 is 6.09 Å². The Morgan fingerprint density at radius 2 is 2.20 bits per heavy atom. The van der Waals surface area contributed by atoms with Crippen molar-refractivity contribution < 1.29 is 9.53 Å². The summed E-state index contributed by atoms with van der Waals surface area (Å²) in [4.78, 5) is 10.1. The molecular weight excluding hydrogens is 154 g/mol. The summed E-state index contributed by atoms with van der Waals surface area (Å²) in [5, 5.41) is 0. The third-order valence-corrected chi connectivity index (χ3v) is 1.69. The third-order valence-electron chi connectivity index (χ3n) is 0.967. The van der Waals surface area contributed by atoms with E-state index in [2.05, 4.69) is 4.74 Å². The lowest BCUT2D eigenvalue weighted by Crippen LogP contribution is -2.25. The van der Waals surface area contributed by atoms with Crippen LogP contribution < -0.4 is 5.73 Å². The first kappa shape index (κ1) is 9.56. The molecule has 0 unspecified atom stereocenters. The van der Waals surface area contributed by atoms with Gasteiger partial charge in [0.05, 0.1) is 6.61 Å². The molecule has 1 amide bonds. The van der Waals surface area contributed by atoms with Gasteiger partial charge < -0.3 is 10.5 Å². The van der Waals surface area contributed by atoms with Gasteiger partial charge in [-0.25, -0.2) is 4.79 Å². The molecule has 0 aromatic heterocycles. The number of rotatable bonds is 3. The molecule has 0 spiro atoms. The predicted molar refractivity (Wildman–Crippen MR) is 40.0 cm³/mol. The maximum atomic E-state index is 10.1. The second-order valence-electron chi connectivity index (χ2n) is 2.91. The average Bonchev–Trinajstić information content (AvgIpc) is 1.85. The van der Waals surface area contributed by atoms with Gasteiger partial charge in [0.15, 0.2) is 0 Å². The van der Waals surface area contributed by atoms with E-state index in [0.29, 0.717) is 5.88 Å². The van der Waals surface area contributed by atoms with Crippen LogP contribution in [0.1, 0.15) is 13.8 Å². The first-order valence-electron chi connectivity index (χ1n) is 2.96. The first-order chi connectivity index (χ1) is 4.48. The Hall–Kier alpha value is -0.440. The van der Waals surface area contributed by atoms with Gasteiger partial charge in [-0.1, -0.05) is 13.8 Å². The quantitative estimate of drug-likeness (QED) is 0.642. The van der Waals surface area contributed by atoms with E-state index in [4.69, 9.17) is 17.3 Å². The normalized spacial score (nSPS) is 11.1. The van der Waals surface area contributed by atoms with Crippen molar-refractivity contribution in [3.63, 3.8) is 0 Å². The minimum absolute atomic E-state index is 0.184. The van der Waals surface area contributed by atoms with Crippen molar-refractivity contribution in [3.8, 4) is 0 Å². The number of primary amides is 1. The van der Waals surface area contributed by atoms with Crippen LogP contribution >= 0.6 is 11.6 Å². The molecule has 0 aromatic rings. The average molecular weight is 166 g/mol. The van der Waals surface area contributed by atoms with Gasteiger partial charge in [0, 0.05) is 11.3 Å². The van der Waals surface area contributed by atoms with Crippen molar-refractivity contribution in [2.45, 2.75) is 13.8 Å². The summed E-state index contributed by atoms with van der Waals surface area (Å²) in [5.41, 5.74) is 4.57. The summed E-state index contributed by atoms with van der Waals surface area (Å²) >= 11 is 5.54. The molecule has 60 valence electrons. The number of amides is 1. The van der Waals surface area contributed by atoms with Gasteiger partial charge in [-0.15, -0.1) is 11.6 Å². The highest BCUT2D eigenvalue weighted by Gasteiger charge is 2.17. The zero-order chi connectivity index (χ0) is 8.20. The lowest BCUT2D eigenvalue weighted by molar-refractivity contribution is 0.116. The molecule has 3 nitrogen and oxygen atoms in total. The zero-order valence-electron chi connectivity index (χ0n) is 6.19. The number of carbonyl (C=O) groups is 1. The fraction of sp³-hybridized carbons (Fsp3) is 0.833. The third kappa shape index (κ3) is 4.44. The van der Waals surface area contributed by atoms with Crippen LogP contribution in [0.2, 0.25) is 0 Å². The molecule has 0 aromatic carbocycles. The second-order valence-corrected chi connectivity index (χ2v) is 3.17. The van der Waals surface area contributed by atoms with E-state index in [0.717, 1.165) is 0 Å². The van der Waals surface area contributed by atoms with Crippen molar-refractivity contribution in [2.24, 2.45) is 11.1 Å². The standard InChI is InChI=1S/C6H12ClNO2/c1-6(2,3-7)4-10-5(8)9/h3-4H2,1-2H3,(H2,8,9). The minimum Gasteiger partial charge on any atom is -0.449 e. The molecule has 0 aliphatic rings. The van der Waals surface area contributed by atoms with Crippen LogP contribution in [0.5, 0.6) is 0 Å². The Kier molecular flexibility index (Phi) is 3.50. The van der Waals surface area contributed by atoms with Crippen LogP contribution in [0.25, 0.3) is 0 Å². The van der Waals surface area contributed by atoms with Crippen LogP contribution in [-0.2, 0) is 4.74 Å². The number of hydrogen-bond acceptors (Lipinski definition) is 2. The molecule has 0 saturated carbocycles. The topological polar surface area (TPSA) is 52.3 Å². The van der Waals surface area contributed by atoms with Gasteiger partial charge in [-0.3, -0.25) is 0 Å². The van der Waals surface area contributed by atoms with Crippen LogP contribution in [0.15, 0.2) is 0 Å². The van der Waals surface area contributed by atoms with Gasteiger partial charge in [0.1, 0.15) is 0 Å². The number of nitrogens with two attached hydrogens (primary N) is 1. The summed E-state index contributed by atoms with van der Waals surface area (Å²) in [6.07, 6.45) is -0.752. The molecule has 0 rings (SSSR count). The fourth-order valence-electron chi connectivity index (χ4n) is 0.305. The number of carbonyl (C=O) groups excluding carboxylic acids is 1. The Balaban J connectivity index is 3.56. The summed E-state index contributed by atoms with van der Waals surface area (Å²) in [5.74, 6) is 0.445. The minimum atomic E-state index is -0.752. The second kappa shape index (κ2) is 3.66. The van der Waals surface area contributed by atoms with Gasteiger partial charge in [0.25, 0.3) is 0 Å². The molecule has 0 bridgehead atoms. The molecule has 0 radical (unpaired) electrons. The number of ether oxygens (including phenoxy) is 1. The molecular formula is C6H12ClNO2. The summed E-state index contributed by atoms with van der Waals surface area (Å²) in [6, 6.07) is 0. The smallest absolute Gasteiger partial charge is 0.404 e. The molecule has 10 heavy (non-hydrogen) atoms. The van der Waals surface area contributed by atoms with E-state index in [-0.39, 0.29) is 12.0 Å². The van der Waals surface area contributed by atoms with E-state index >= 15 is 0 Å². The Labute approximate surface area is 65.5 Å². The van der Waals surface area contributed by atoms with Crippen molar-refractivity contribution in [1.82, 2.24) is 0 Å². The molecule has 0 aliphatic carbocycles. The Morgan fingerprint density at radius 1 is 1.70 bits per heavy atom. The van der Waals surface area contributed by atoms with Gasteiger partial charge in [-0.05, 0) is 0 Å². The van der Waals surface area contributed by atoms with Crippen molar-refractivity contribution >= 4 is 17.7 Å². The molecule has 0 atom stereocenters. The Morgan fingerprint density at radius 3 is 2.50 bits per heavy atom. The maximum Gasteiger partial charge on any atom is 0.404 e. The number of hydrogen-bond donors (Lipinski definition) is 1. The maximum absolute atomic E-state index is 10.1. The lowest BCUT2D eigenvalue weighted by atomic mass is 9.98. The monoisotopic (exact) mass is 165 g/mol. The van der Waals surface area contributed by atoms with Crippen LogP contribution in [0, 0.1) is 5.41 Å². The zero-order valence-corrected chi connectivity index (χ0v) is 6.94. The number of alkyl halides is 1. The van der Waals surface area contributed by atoms with Gasteiger partial charge in [0.2, 0.25) is 0 Å². The Bertz CT molecular complexity index is 125. The highest BCUT2D eigenvalue weighted by atomic mass is 35.5. The highest BCUT2D eigenvalue weighted by molar-refractivity contribution is 6.18. The molecule has 0 fully saturated rings. The summed E-state index contributed by atoms with van der Waals surface area (Å²) < 4.78 is 4.55. The van der Waals surface area contributed by atoms with Crippen LogP contribution in [-0.4, -0.2) is 18.6 Å². The van der Waals surface area contributed by atoms with Crippen LogP contribution in [0.3, 0.4) is 0 Å². The molecule has 4 heteroatoms. The van der Waals surface area contributed by atoms with Crippen LogP contribution in [0.4, 0.5) is 4.79 Å². The SMILES string of the molecule is CC(C)(CCl)COC(N)=O. The van der Waals surface area contributed by atoms with Crippen molar-refractivity contribution in [1.29, 1.82) is 0 Å². The van der Waals surface area contributed by atoms with E-state index in [1.807, 2.05) is 13.8 Å². The summed E-state index contributed by atoms with van der Waals surface area (Å²) in [6.45, 7) is 4.05. The summed E-state index contributed by atoms with van der Waals surface area (Å²) in [7, 11) is 0. The van der Waals surface area contributed by atoms with E-state index < -0.39 is 6.09 Å². The molecule has 0 heterocycles. The molecule has 0 saturated heterocycles. The van der Waals surface area contributed by atoms with E-state index in [9.17, 15) is 4.79 Å². The van der Waals surface area contributed by atoms with E-state index in [1.54, 1.807) is 0 Å².